The number of rotatable bonds is 3. The Morgan fingerprint density at radius 3 is 2.64 bits per heavy atom. The third-order valence-electron chi connectivity index (χ3n) is 6.19. The van der Waals surface area contributed by atoms with E-state index in [1.54, 1.807) is 13.2 Å². The largest absolute Gasteiger partial charge is 0.496 e. The van der Waals surface area contributed by atoms with Crippen molar-refractivity contribution >= 4 is 22.6 Å². The summed E-state index contributed by atoms with van der Waals surface area (Å²) in [7, 11) is 1.68. The van der Waals surface area contributed by atoms with Gasteiger partial charge in [-0.3, -0.25) is 0 Å². The minimum absolute atomic E-state index is 0.0690. The van der Waals surface area contributed by atoms with Gasteiger partial charge in [-0.15, -0.1) is 0 Å². The molecule has 2 atom stereocenters. The predicted octanol–water partition coefficient (Wildman–Crippen LogP) is 7.36. The Kier molecular flexibility index (Phi) is 6.41. The molecule has 5 rings (SSSR count). The van der Waals surface area contributed by atoms with E-state index >= 15 is 0 Å². The van der Waals surface area contributed by atoms with Gasteiger partial charge in [-0.25, -0.2) is 0 Å². The first-order valence-corrected chi connectivity index (χ1v) is 12.2. The Morgan fingerprint density at radius 1 is 1.21 bits per heavy atom. The fourth-order valence-electron chi connectivity index (χ4n) is 4.77. The molecule has 33 heavy (non-hydrogen) atoms. The first-order chi connectivity index (χ1) is 15.9. The lowest BCUT2D eigenvalue weighted by molar-refractivity contribution is 0.0933. The number of hydrogen-bond donors (Lipinski definition) is 0. The van der Waals surface area contributed by atoms with Crippen LogP contribution in [0, 0.1) is 0 Å². The van der Waals surface area contributed by atoms with Gasteiger partial charge in [0.1, 0.15) is 41.3 Å². The minimum atomic E-state index is -0.593. The van der Waals surface area contributed by atoms with Crippen molar-refractivity contribution in [2.75, 3.05) is 13.7 Å². The first kappa shape index (κ1) is 23.6. The van der Waals surface area contributed by atoms with Crippen molar-refractivity contribution in [1.82, 2.24) is 0 Å². The van der Waals surface area contributed by atoms with E-state index in [1.165, 1.54) is 0 Å². The minimum Gasteiger partial charge on any atom is -0.496 e. The summed E-state index contributed by atoms with van der Waals surface area (Å²) in [6.45, 7) is 14.7. The molecule has 0 N–H and O–H groups in total. The fourth-order valence-corrected chi connectivity index (χ4v) is 5.37. The van der Waals surface area contributed by atoms with Crippen LogP contribution in [0.5, 0.6) is 23.0 Å². The zero-order valence-electron chi connectivity index (χ0n) is 20.1. The van der Waals surface area contributed by atoms with Crippen molar-refractivity contribution in [3.63, 3.8) is 0 Å². The average Bonchev–Trinajstić information content (AvgIpc) is 2.82. The molecule has 0 spiro atoms. The van der Waals surface area contributed by atoms with Crippen LogP contribution in [-0.2, 0) is 6.42 Å². The Balaban J connectivity index is 0.00000126. The van der Waals surface area contributed by atoms with Crippen LogP contribution in [0.25, 0.3) is 10.5 Å². The molecule has 0 amide bonds. The summed E-state index contributed by atoms with van der Waals surface area (Å²) in [5, 5.41) is 0. The third kappa shape index (κ3) is 3.88. The number of fused-ring (bicyclic) bond motifs is 6. The van der Waals surface area contributed by atoms with Crippen molar-refractivity contribution in [1.29, 1.82) is 0 Å². The second-order valence-corrected chi connectivity index (χ2v) is 9.23. The number of ether oxygens (including phenoxy) is 4. The maximum Gasteiger partial charge on any atom is 0.144 e. The number of aryl methyl sites for hydroxylation is 1. The molecule has 0 bridgehead atoms. The van der Waals surface area contributed by atoms with Crippen molar-refractivity contribution in [3.05, 3.63) is 59.2 Å². The van der Waals surface area contributed by atoms with Crippen molar-refractivity contribution in [2.24, 2.45) is 0 Å². The van der Waals surface area contributed by atoms with Crippen molar-refractivity contribution in [2.45, 2.75) is 58.7 Å². The highest BCUT2D eigenvalue weighted by Crippen LogP contribution is 2.55. The van der Waals surface area contributed by atoms with E-state index in [-0.39, 0.29) is 24.2 Å². The van der Waals surface area contributed by atoms with Crippen LogP contribution in [0.3, 0.4) is 0 Å². The molecular weight excluding hydrogens is 439 g/mol. The molecular formula is C27H31FO4S. The summed E-state index contributed by atoms with van der Waals surface area (Å²) < 4.78 is 38.2. The summed E-state index contributed by atoms with van der Waals surface area (Å²) in [5.74, 6) is 2.84. The maximum atomic E-state index is 13.9. The Hall–Kier alpha value is -2.60. The first-order valence-electron chi connectivity index (χ1n) is 11.4. The Labute approximate surface area is 200 Å². The lowest BCUT2D eigenvalue weighted by Crippen LogP contribution is -2.39. The molecule has 0 aromatic heterocycles. The van der Waals surface area contributed by atoms with E-state index in [0.717, 1.165) is 40.2 Å². The molecule has 4 nitrogen and oxygen atoms in total. The van der Waals surface area contributed by atoms with Gasteiger partial charge in [0.2, 0.25) is 0 Å². The highest BCUT2D eigenvalue weighted by Gasteiger charge is 2.42. The van der Waals surface area contributed by atoms with E-state index in [0.29, 0.717) is 28.6 Å². The van der Waals surface area contributed by atoms with Crippen LogP contribution in [0.4, 0.5) is 3.89 Å². The zero-order chi connectivity index (χ0) is 23.9. The fraction of sp³-hybridized carbons (Fsp3) is 0.407. The van der Waals surface area contributed by atoms with Crippen LogP contribution < -0.4 is 18.9 Å². The zero-order valence-corrected chi connectivity index (χ0v) is 20.9. The molecule has 0 saturated heterocycles. The smallest absolute Gasteiger partial charge is 0.144 e. The monoisotopic (exact) mass is 470 g/mol. The highest BCUT2D eigenvalue weighted by atomic mass is 32.2. The highest BCUT2D eigenvalue weighted by molar-refractivity contribution is 8.03. The third-order valence-corrected chi connectivity index (χ3v) is 6.68. The Morgan fingerprint density at radius 2 is 1.97 bits per heavy atom. The van der Waals surface area contributed by atoms with Crippen LogP contribution in [0.15, 0.2) is 36.9 Å². The van der Waals surface area contributed by atoms with Gasteiger partial charge in [0, 0.05) is 11.1 Å². The molecule has 0 fully saturated rings. The van der Waals surface area contributed by atoms with Crippen LogP contribution in [-0.4, -0.2) is 25.4 Å². The van der Waals surface area contributed by atoms with Crippen LogP contribution in [0.2, 0.25) is 0 Å². The van der Waals surface area contributed by atoms with Gasteiger partial charge in [-0.05, 0) is 61.7 Å². The number of methoxy groups -OCH3 is 1. The molecule has 176 valence electrons. The molecule has 0 radical (unpaired) electrons. The second kappa shape index (κ2) is 8.98. The lowest BCUT2D eigenvalue weighted by Gasteiger charge is -2.41. The van der Waals surface area contributed by atoms with Crippen molar-refractivity contribution in [3.8, 4) is 23.0 Å². The quantitative estimate of drug-likeness (QED) is 0.468. The van der Waals surface area contributed by atoms with Gasteiger partial charge >= 0.3 is 0 Å². The molecule has 3 aliphatic heterocycles. The summed E-state index contributed by atoms with van der Waals surface area (Å²) in [6, 6.07) is 7.93. The average molecular weight is 471 g/mol. The van der Waals surface area contributed by atoms with Crippen LogP contribution in [0.1, 0.15) is 62.8 Å². The molecule has 3 aliphatic rings. The summed E-state index contributed by atoms with van der Waals surface area (Å²) in [5.41, 5.74) is 3.96. The predicted molar refractivity (Wildman–Crippen MR) is 133 cm³/mol. The van der Waals surface area contributed by atoms with E-state index in [1.807, 2.05) is 45.9 Å². The van der Waals surface area contributed by atoms with Gasteiger partial charge < -0.3 is 18.9 Å². The molecule has 3 heterocycles. The molecule has 0 saturated carbocycles. The van der Waals surface area contributed by atoms with E-state index < -0.39 is 5.60 Å². The SMILES string of the molecule is C=C1c2ccc3c(c2O[C@@H]2COc4cc(CC)c(OC)cc4[C@H]12)C(SF)=CC(C)(C)O3.CC. The summed E-state index contributed by atoms with van der Waals surface area (Å²) >= 11 is 0.215. The van der Waals surface area contributed by atoms with E-state index in [4.69, 9.17) is 18.9 Å². The van der Waals surface area contributed by atoms with Gasteiger partial charge in [0.25, 0.3) is 0 Å². The van der Waals surface area contributed by atoms with Gasteiger partial charge in [-0.1, -0.05) is 27.4 Å². The molecule has 6 heteroatoms. The van der Waals surface area contributed by atoms with Crippen molar-refractivity contribution < 1.29 is 22.8 Å². The standard InChI is InChI=1S/C25H25FO4S.C2H6/c1-6-14-9-19-16(10-18(14)27-5)22-13(2)15-7-8-17-23(24(15)29-20(22)12-28-19)21(31-26)11-25(3,4)30-17;1-2/h7-11,20,22H,2,6,12H2,1,3-5H3;1-2H3/t20-,22+;/m1./s1. The van der Waals surface area contributed by atoms with Gasteiger partial charge in [0.15, 0.2) is 0 Å². The Bertz CT molecular complexity index is 1120. The van der Waals surface area contributed by atoms with Gasteiger partial charge in [0.05, 0.1) is 35.6 Å². The number of halogens is 1. The lowest BCUT2D eigenvalue weighted by atomic mass is 9.78. The number of benzene rings is 2. The molecule has 2 aromatic carbocycles. The van der Waals surface area contributed by atoms with Crippen LogP contribution >= 0.6 is 12.1 Å². The molecule has 0 aliphatic carbocycles. The normalized spacial score (nSPS) is 21.3. The van der Waals surface area contributed by atoms with E-state index in [2.05, 4.69) is 19.6 Å². The van der Waals surface area contributed by atoms with E-state index in [9.17, 15) is 3.89 Å². The summed E-state index contributed by atoms with van der Waals surface area (Å²) in [4.78, 5) is 0.501. The topological polar surface area (TPSA) is 36.9 Å². The molecule has 0 unspecified atom stereocenters. The second-order valence-electron chi connectivity index (χ2n) is 8.63. The maximum absolute atomic E-state index is 13.9. The number of hydrogen-bond acceptors (Lipinski definition) is 5. The molecule has 2 aromatic rings. The van der Waals surface area contributed by atoms with Gasteiger partial charge in [-0.2, -0.15) is 3.89 Å². The summed E-state index contributed by atoms with van der Waals surface area (Å²) in [6.07, 6.45) is 2.38.